The van der Waals surface area contributed by atoms with Crippen LogP contribution in [0.4, 0.5) is 13.2 Å². The molecule has 3 rings (SSSR count). The molecule has 1 aliphatic rings. The van der Waals surface area contributed by atoms with Crippen LogP contribution in [-0.2, 0) is 22.3 Å². The number of nitrogens with one attached hydrogen (secondary N) is 3. The maximum atomic E-state index is 12.6. The molecule has 2 aromatic rings. The Balaban J connectivity index is 1.64. The van der Waals surface area contributed by atoms with Crippen molar-refractivity contribution in [1.82, 2.24) is 16.0 Å². The van der Waals surface area contributed by atoms with Crippen molar-refractivity contribution in [2.75, 3.05) is 0 Å². The van der Waals surface area contributed by atoms with Gasteiger partial charge in [0.1, 0.15) is 6.04 Å². The third-order valence-electron chi connectivity index (χ3n) is 4.96. The number of carbonyl (C=O) groups excluding carboxylic acids is 5. The van der Waals surface area contributed by atoms with Gasteiger partial charge in [0.15, 0.2) is 6.29 Å². The van der Waals surface area contributed by atoms with Gasteiger partial charge >= 0.3 is 6.18 Å². The Labute approximate surface area is 185 Å². The van der Waals surface area contributed by atoms with Crippen LogP contribution < -0.4 is 16.0 Å². The average Bonchev–Trinajstić information content (AvgIpc) is 2.78. The summed E-state index contributed by atoms with van der Waals surface area (Å²) >= 11 is 0. The SMILES string of the molecule is O=Cc1cc(CNC(=O)c2ccc(C(F)(F)F)cc2)ccc1C(=O)NC1CCC(=O)NC1=O. The minimum Gasteiger partial charge on any atom is -0.348 e. The standard InChI is InChI=1S/C22H18F3N3O5/c23-22(24,25)15-4-2-13(3-5-15)19(31)26-10-12-1-6-16(14(9-12)11-29)20(32)27-17-7-8-18(30)28-21(17)33/h1-6,9,11,17H,7-8,10H2,(H,26,31)(H,27,32)(H,28,30,33). The Morgan fingerprint density at radius 1 is 1.06 bits per heavy atom. The predicted molar refractivity (Wildman–Crippen MR) is 108 cm³/mol. The van der Waals surface area contributed by atoms with Crippen LogP contribution in [0.1, 0.15) is 55.0 Å². The predicted octanol–water partition coefficient (Wildman–Crippen LogP) is 1.98. The molecule has 1 aliphatic heterocycles. The van der Waals surface area contributed by atoms with Crippen molar-refractivity contribution in [2.24, 2.45) is 0 Å². The molecule has 1 heterocycles. The number of benzene rings is 2. The first-order valence-corrected chi connectivity index (χ1v) is 9.76. The maximum Gasteiger partial charge on any atom is 0.416 e. The van der Waals surface area contributed by atoms with Crippen molar-refractivity contribution in [1.29, 1.82) is 0 Å². The zero-order valence-electron chi connectivity index (χ0n) is 17.0. The number of imide groups is 1. The summed E-state index contributed by atoms with van der Waals surface area (Å²) in [5, 5.41) is 7.12. The number of aldehydes is 1. The van der Waals surface area contributed by atoms with Gasteiger partial charge in [0.05, 0.1) is 5.56 Å². The highest BCUT2D eigenvalue weighted by Gasteiger charge is 2.30. The summed E-state index contributed by atoms with van der Waals surface area (Å²) in [5.74, 6) is -2.35. The molecule has 1 saturated heterocycles. The van der Waals surface area contributed by atoms with E-state index < -0.39 is 41.4 Å². The Morgan fingerprint density at radius 2 is 1.76 bits per heavy atom. The van der Waals surface area contributed by atoms with Crippen molar-refractivity contribution in [3.63, 3.8) is 0 Å². The van der Waals surface area contributed by atoms with Crippen molar-refractivity contribution in [3.8, 4) is 0 Å². The molecule has 0 radical (unpaired) electrons. The van der Waals surface area contributed by atoms with Crippen LogP contribution >= 0.6 is 0 Å². The molecule has 0 aromatic heterocycles. The maximum absolute atomic E-state index is 12.6. The van der Waals surface area contributed by atoms with Gasteiger partial charge in [-0.1, -0.05) is 6.07 Å². The first-order chi connectivity index (χ1) is 15.6. The first-order valence-electron chi connectivity index (χ1n) is 9.76. The molecule has 1 atom stereocenters. The van der Waals surface area contributed by atoms with E-state index in [1.807, 2.05) is 0 Å². The highest BCUT2D eigenvalue weighted by atomic mass is 19.4. The number of amides is 4. The second-order valence-corrected chi connectivity index (χ2v) is 7.27. The van der Waals surface area contributed by atoms with Gasteiger partial charge in [-0.15, -0.1) is 0 Å². The summed E-state index contributed by atoms with van der Waals surface area (Å²) in [7, 11) is 0. The normalized spacial score (nSPS) is 16.0. The quantitative estimate of drug-likeness (QED) is 0.449. The smallest absolute Gasteiger partial charge is 0.348 e. The number of rotatable bonds is 6. The summed E-state index contributed by atoms with van der Waals surface area (Å²) in [6.07, 6.45) is -3.84. The largest absolute Gasteiger partial charge is 0.416 e. The minimum atomic E-state index is -4.51. The Kier molecular flexibility index (Phi) is 6.90. The molecule has 3 N–H and O–H groups in total. The van der Waals surface area contributed by atoms with Gasteiger partial charge in [0.2, 0.25) is 11.8 Å². The molecule has 172 valence electrons. The van der Waals surface area contributed by atoms with Crippen LogP contribution in [0.2, 0.25) is 0 Å². The Morgan fingerprint density at radius 3 is 2.36 bits per heavy atom. The third-order valence-corrected chi connectivity index (χ3v) is 4.96. The van der Waals surface area contributed by atoms with Gasteiger partial charge in [0, 0.05) is 29.7 Å². The second-order valence-electron chi connectivity index (χ2n) is 7.27. The van der Waals surface area contributed by atoms with E-state index in [1.165, 1.54) is 18.2 Å². The highest BCUT2D eigenvalue weighted by Crippen LogP contribution is 2.29. The Bertz CT molecular complexity index is 1110. The molecule has 11 heteroatoms. The summed E-state index contributed by atoms with van der Waals surface area (Å²) in [6.45, 7) is -0.0459. The fourth-order valence-electron chi connectivity index (χ4n) is 3.19. The first kappa shape index (κ1) is 23.6. The lowest BCUT2D eigenvalue weighted by Crippen LogP contribution is -2.52. The molecule has 2 aromatic carbocycles. The van der Waals surface area contributed by atoms with Crippen LogP contribution in [0.5, 0.6) is 0 Å². The van der Waals surface area contributed by atoms with Crippen LogP contribution in [0, 0.1) is 0 Å². The minimum absolute atomic E-state index is 0.00696. The fraction of sp³-hybridized carbons (Fsp3) is 0.227. The van der Waals surface area contributed by atoms with E-state index in [9.17, 15) is 37.1 Å². The molecule has 4 amide bonds. The van der Waals surface area contributed by atoms with Crippen molar-refractivity contribution in [2.45, 2.75) is 31.6 Å². The molecule has 0 spiro atoms. The second kappa shape index (κ2) is 9.63. The monoisotopic (exact) mass is 461 g/mol. The molecular weight excluding hydrogens is 443 g/mol. The van der Waals surface area contributed by atoms with Crippen LogP contribution in [0.25, 0.3) is 0 Å². The summed E-state index contributed by atoms with van der Waals surface area (Å²) in [5.41, 5.74) is -0.358. The van der Waals surface area contributed by atoms with Gasteiger partial charge in [0.25, 0.3) is 11.8 Å². The molecular formula is C22H18F3N3O5. The van der Waals surface area contributed by atoms with E-state index in [4.69, 9.17) is 0 Å². The van der Waals surface area contributed by atoms with Crippen LogP contribution in [0.15, 0.2) is 42.5 Å². The number of halogens is 3. The average molecular weight is 461 g/mol. The number of piperidine rings is 1. The lowest BCUT2D eigenvalue weighted by atomic mass is 10.0. The topological polar surface area (TPSA) is 121 Å². The third kappa shape index (κ3) is 5.82. The molecule has 1 fully saturated rings. The van der Waals surface area contributed by atoms with Crippen molar-refractivity contribution >= 4 is 29.9 Å². The molecule has 0 aliphatic carbocycles. The van der Waals surface area contributed by atoms with E-state index in [0.29, 0.717) is 11.8 Å². The zero-order chi connectivity index (χ0) is 24.2. The van der Waals surface area contributed by atoms with E-state index in [1.54, 1.807) is 0 Å². The summed E-state index contributed by atoms with van der Waals surface area (Å²) < 4.78 is 37.9. The van der Waals surface area contributed by atoms with Gasteiger partial charge in [-0.25, -0.2) is 0 Å². The highest BCUT2D eigenvalue weighted by molar-refractivity contribution is 6.06. The van der Waals surface area contributed by atoms with Crippen LogP contribution in [0.3, 0.4) is 0 Å². The number of alkyl halides is 3. The number of hydrogen-bond acceptors (Lipinski definition) is 5. The van der Waals surface area contributed by atoms with Gasteiger partial charge in [-0.05, 0) is 48.4 Å². The molecule has 0 bridgehead atoms. The van der Waals surface area contributed by atoms with E-state index in [-0.39, 0.29) is 36.1 Å². The number of hydrogen-bond donors (Lipinski definition) is 3. The van der Waals surface area contributed by atoms with Crippen molar-refractivity contribution < 1.29 is 37.1 Å². The molecule has 33 heavy (non-hydrogen) atoms. The molecule has 0 saturated carbocycles. The zero-order valence-corrected chi connectivity index (χ0v) is 17.0. The van der Waals surface area contributed by atoms with E-state index >= 15 is 0 Å². The van der Waals surface area contributed by atoms with Crippen LogP contribution in [-0.4, -0.2) is 36.0 Å². The summed E-state index contributed by atoms with van der Waals surface area (Å²) in [6, 6.07) is 7.01. The Hall–Kier alpha value is -4.02. The lowest BCUT2D eigenvalue weighted by molar-refractivity contribution is -0.138. The van der Waals surface area contributed by atoms with E-state index in [0.717, 1.165) is 24.3 Å². The van der Waals surface area contributed by atoms with Gasteiger partial charge in [-0.2, -0.15) is 13.2 Å². The van der Waals surface area contributed by atoms with E-state index in [2.05, 4.69) is 16.0 Å². The van der Waals surface area contributed by atoms with Gasteiger partial charge < -0.3 is 10.6 Å². The summed E-state index contributed by atoms with van der Waals surface area (Å²) in [4.78, 5) is 59.2. The lowest BCUT2D eigenvalue weighted by Gasteiger charge is -2.22. The molecule has 8 nitrogen and oxygen atoms in total. The molecule has 1 unspecified atom stereocenters. The fourth-order valence-corrected chi connectivity index (χ4v) is 3.19. The van der Waals surface area contributed by atoms with Gasteiger partial charge in [-0.3, -0.25) is 29.3 Å². The number of carbonyl (C=O) groups is 5. The van der Waals surface area contributed by atoms with Crippen molar-refractivity contribution in [3.05, 3.63) is 70.3 Å².